The van der Waals surface area contributed by atoms with Crippen LogP contribution in [0, 0.1) is 17.8 Å². The van der Waals surface area contributed by atoms with Gasteiger partial charge in [-0.1, -0.05) is 55.3 Å². The van der Waals surface area contributed by atoms with Crippen molar-refractivity contribution in [1.29, 1.82) is 0 Å². The monoisotopic (exact) mass is 699 g/mol. The molecular weight excluding hydrogens is 664 g/mol. The van der Waals surface area contributed by atoms with Crippen LogP contribution in [-0.4, -0.2) is 36.2 Å². The van der Waals surface area contributed by atoms with Gasteiger partial charge < -0.3 is 14.6 Å². The first kappa shape index (κ1) is 35.3. The molecule has 50 heavy (non-hydrogen) atoms. The number of ether oxygens (including phenoxy) is 2. The van der Waals surface area contributed by atoms with E-state index in [4.69, 9.17) is 9.47 Å². The Balaban J connectivity index is 1.33. The average molecular weight is 700 g/mol. The first-order chi connectivity index (χ1) is 23.7. The molecule has 1 aliphatic carbocycles. The van der Waals surface area contributed by atoms with Crippen molar-refractivity contribution in [3.8, 4) is 11.5 Å². The summed E-state index contributed by atoms with van der Waals surface area (Å²) in [5, 5.41) is 9.93. The summed E-state index contributed by atoms with van der Waals surface area (Å²) in [7, 11) is 0. The molecule has 3 aromatic rings. The molecule has 264 valence electrons. The highest BCUT2D eigenvalue weighted by Crippen LogP contribution is 2.51. The Morgan fingerprint density at radius 2 is 1.60 bits per heavy atom. The molecule has 3 aliphatic rings. The lowest BCUT2D eigenvalue weighted by molar-refractivity contribution is -0.143. The fourth-order valence-electron chi connectivity index (χ4n) is 7.37. The zero-order chi connectivity index (χ0) is 35.8. The molecule has 2 fully saturated rings. The van der Waals surface area contributed by atoms with Crippen molar-refractivity contribution in [3.63, 3.8) is 0 Å². The highest BCUT2D eigenvalue weighted by atomic mass is 19.4. The normalized spacial score (nSPS) is 22.6. The van der Waals surface area contributed by atoms with Crippen LogP contribution in [-0.2, 0) is 26.7 Å². The molecule has 0 spiro atoms. The minimum Gasteiger partial charge on any atom is -0.508 e. The number of aromatic hydroxyl groups is 1. The van der Waals surface area contributed by atoms with Crippen LogP contribution in [0.1, 0.15) is 55.7 Å². The van der Waals surface area contributed by atoms with E-state index in [0.717, 1.165) is 35.1 Å². The molecule has 2 amide bonds. The molecule has 4 atom stereocenters. The Labute approximate surface area is 285 Å². The molecule has 0 saturated carbocycles. The van der Waals surface area contributed by atoms with Crippen LogP contribution >= 0.6 is 0 Å². The predicted molar refractivity (Wildman–Crippen MR) is 173 cm³/mol. The van der Waals surface area contributed by atoms with Crippen molar-refractivity contribution in [1.82, 2.24) is 0 Å². The van der Waals surface area contributed by atoms with Crippen molar-refractivity contribution in [3.05, 3.63) is 106 Å². The number of carbonyl (C=O) groups is 2. The van der Waals surface area contributed by atoms with E-state index in [1.165, 1.54) is 0 Å². The molecule has 2 aliphatic heterocycles. The fourth-order valence-corrected chi connectivity index (χ4v) is 7.37. The molecular formula is C38H35F6NO5. The van der Waals surface area contributed by atoms with E-state index in [-0.39, 0.29) is 31.5 Å². The number of benzene rings is 3. The summed E-state index contributed by atoms with van der Waals surface area (Å²) in [5.74, 6) is -3.65. The van der Waals surface area contributed by atoms with Gasteiger partial charge in [-0.15, -0.1) is 0 Å². The van der Waals surface area contributed by atoms with Crippen molar-refractivity contribution < 1.29 is 50.5 Å². The topological polar surface area (TPSA) is 76.1 Å². The molecule has 6 rings (SSSR count). The zero-order valence-corrected chi connectivity index (χ0v) is 27.1. The van der Waals surface area contributed by atoms with E-state index < -0.39 is 64.8 Å². The van der Waals surface area contributed by atoms with Gasteiger partial charge in [0.05, 0.1) is 41.4 Å². The van der Waals surface area contributed by atoms with Gasteiger partial charge in [-0.05, 0) is 84.9 Å². The van der Waals surface area contributed by atoms with Gasteiger partial charge in [0.15, 0.2) is 0 Å². The number of imide groups is 1. The highest BCUT2D eigenvalue weighted by Gasteiger charge is 2.57. The Morgan fingerprint density at radius 3 is 2.24 bits per heavy atom. The van der Waals surface area contributed by atoms with E-state index >= 15 is 0 Å². The summed E-state index contributed by atoms with van der Waals surface area (Å²) in [6.45, 7) is 2.17. The zero-order valence-electron chi connectivity index (χ0n) is 27.1. The number of carbonyl (C=O) groups excluding carboxylic acids is 2. The van der Waals surface area contributed by atoms with Gasteiger partial charge in [-0.25, -0.2) is 4.90 Å². The molecule has 6 nitrogen and oxygen atoms in total. The second kappa shape index (κ2) is 14.0. The van der Waals surface area contributed by atoms with Crippen LogP contribution in [0.2, 0.25) is 0 Å². The van der Waals surface area contributed by atoms with Crippen LogP contribution in [0.5, 0.6) is 11.5 Å². The average Bonchev–Trinajstić information content (AvgIpc) is 3.60. The second-order valence-electron chi connectivity index (χ2n) is 12.9. The van der Waals surface area contributed by atoms with Crippen molar-refractivity contribution in [2.45, 2.75) is 57.5 Å². The quantitative estimate of drug-likeness (QED) is 0.130. The number of amides is 2. The molecule has 3 aromatic carbocycles. The minimum atomic E-state index is -5.15. The van der Waals surface area contributed by atoms with Crippen LogP contribution in [0.15, 0.2) is 89.5 Å². The SMILES string of the molecule is CCC/C(=C\c1cccc(O)c1)CC[C@H]1OC[C@H]2C1=C(COc1ccccc1)C[C@H]1C(=O)N(c3cc(C(F)(F)F)cc(C(F)(F)F)c3)C(=O)[C@H]12. The first-order valence-electron chi connectivity index (χ1n) is 16.4. The molecule has 0 bridgehead atoms. The number of phenols is 1. The molecule has 1 N–H and O–H groups in total. The summed E-state index contributed by atoms with van der Waals surface area (Å²) in [6, 6.07) is 16.6. The summed E-state index contributed by atoms with van der Waals surface area (Å²) in [4.78, 5) is 28.3. The maximum absolute atomic E-state index is 14.0. The van der Waals surface area contributed by atoms with E-state index in [1.54, 1.807) is 42.5 Å². The highest BCUT2D eigenvalue weighted by molar-refractivity contribution is 6.22. The van der Waals surface area contributed by atoms with E-state index in [1.807, 2.05) is 18.2 Å². The van der Waals surface area contributed by atoms with E-state index in [9.17, 15) is 41.0 Å². The Bertz CT molecular complexity index is 1780. The lowest BCUT2D eigenvalue weighted by atomic mass is 9.69. The lowest BCUT2D eigenvalue weighted by Gasteiger charge is -2.31. The van der Waals surface area contributed by atoms with Gasteiger partial charge in [-0.3, -0.25) is 9.59 Å². The number of fused-ring (bicyclic) bond motifs is 3. The van der Waals surface area contributed by atoms with Gasteiger partial charge in [0, 0.05) is 5.92 Å². The number of hydrogen-bond donors (Lipinski definition) is 1. The molecule has 0 aromatic heterocycles. The maximum Gasteiger partial charge on any atom is 0.416 e. The Morgan fingerprint density at radius 1 is 0.900 bits per heavy atom. The van der Waals surface area contributed by atoms with Gasteiger partial charge >= 0.3 is 12.4 Å². The van der Waals surface area contributed by atoms with Crippen molar-refractivity contribution >= 4 is 23.6 Å². The van der Waals surface area contributed by atoms with Crippen LogP contribution in [0.3, 0.4) is 0 Å². The Hall–Kier alpha value is -4.58. The Kier molecular flexibility index (Phi) is 9.85. The van der Waals surface area contributed by atoms with Gasteiger partial charge in [-0.2, -0.15) is 26.3 Å². The van der Waals surface area contributed by atoms with Crippen molar-refractivity contribution in [2.24, 2.45) is 17.8 Å². The number of alkyl halides is 6. The smallest absolute Gasteiger partial charge is 0.416 e. The summed E-state index contributed by atoms with van der Waals surface area (Å²) in [5.41, 5.74) is -0.521. The lowest BCUT2D eigenvalue weighted by Crippen LogP contribution is -2.35. The van der Waals surface area contributed by atoms with E-state index in [0.29, 0.717) is 35.6 Å². The summed E-state index contributed by atoms with van der Waals surface area (Å²) < 4.78 is 94.7. The third-order valence-corrected chi connectivity index (χ3v) is 9.53. The largest absolute Gasteiger partial charge is 0.508 e. The number of allylic oxidation sites excluding steroid dienone is 1. The van der Waals surface area contributed by atoms with Crippen LogP contribution in [0.4, 0.5) is 32.0 Å². The number of para-hydroxylation sites is 1. The van der Waals surface area contributed by atoms with Gasteiger partial charge in [0.2, 0.25) is 11.8 Å². The second-order valence-corrected chi connectivity index (χ2v) is 12.9. The number of hydrogen-bond acceptors (Lipinski definition) is 5. The number of anilines is 1. The molecule has 2 heterocycles. The van der Waals surface area contributed by atoms with Gasteiger partial charge in [0.25, 0.3) is 0 Å². The first-order valence-corrected chi connectivity index (χ1v) is 16.4. The molecule has 12 heteroatoms. The third kappa shape index (κ3) is 7.31. The predicted octanol–water partition coefficient (Wildman–Crippen LogP) is 8.99. The molecule has 0 radical (unpaired) electrons. The number of halogens is 6. The minimum absolute atomic E-state index is 0.0303. The summed E-state index contributed by atoms with van der Waals surface area (Å²) >= 11 is 0. The standard InChI is InChI=1S/C38H35F6NO5/c1-2-7-22(14-23-8-6-9-28(46)15-23)12-13-32-33-24(20-49-29-10-4-3-5-11-29)16-30-34(31(33)21-50-32)36(48)45(35(30)47)27-18-25(37(39,40)41)17-26(19-27)38(42,43)44/h3-6,8-11,14-15,17-19,30-32,34,46H,2,7,12-13,16,20-21H2,1H3/b22-14+/t30-,31+,32-,34-/m1/s1. The van der Waals surface area contributed by atoms with Crippen molar-refractivity contribution in [2.75, 3.05) is 18.1 Å². The number of nitrogens with zero attached hydrogens (tertiary/aromatic N) is 1. The fraction of sp³-hybridized carbons (Fsp3) is 0.368. The van der Waals surface area contributed by atoms with Crippen LogP contribution < -0.4 is 9.64 Å². The third-order valence-electron chi connectivity index (χ3n) is 9.53. The van der Waals surface area contributed by atoms with Crippen LogP contribution in [0.25, 0.3) is 6.08 Å². The molecule has 2 saturated heterocycles. The van der Waals surface area contributed by atoms with E-state index in [2.05, 4.69) is 6.92 Å². The van der Waals surface area contributed by atoms with Gasteiger partial charge in [0.1, 0.15) is 18.1 Å². The summed E-state index contributed by atoms with van der Waals surface area (Å²) in [6.07, 6.45) is -5.89. The molecule has 0 unspecified atom stereocenters. The maximum atomic E-state index is 14.0. The number of rotatable bonds is 10. The number of phenolic OH excluding ortho intramolecular Hbond substituents is 1.